The second-order valence-corrected chi connectivity index (χ2v) is 11.8. The molecule has 1 amide bonds. The fourth-order valence-electron chi connectivity index (χ4n) is 4.30. The standard InChI is InChI=1S/C17H29NO4Si/c1-7-23(8-2,9-3)22-12(6)13-14-10(4)16(20)15(11(5)19)18(14)17(13)21/h10,12-15H,7-9H2,1-6H3. The van der Waals surface area contributed by atoms with Crippen molar-refractivity contribution in [2.75, 3.05) is 0 Å². The largest absolute Gasteiger partial charge is 0.413 e. The summed E-state index contributed by atoms with van der Waals surface area (Å²) in [6, 6.07) is 2.06. The van der Waals surface area contributed by atoms with E-state index >= 15 is 0 Å². The summed E-state index contributed by atoms with van der Waals surface area (Å²) in [6.07, 6.45) is -0.184. The molecule has 6 heteroatoms. The van der Waals surface area contributed by atoms with E-state index in [-0.39, 0.29) is 41.5 Å². The minimum Gasteiger partial charge on any atom is -0.413 e. The van der Waals surface area contributed by atoms with E-state index in [2.05, 4.69) is 20.8 Å². The van der Waals surface area contributed by atoms with Crippen LogP contribution in [0.5, 0.6) is 0 Å². The zero-order chi connectivity index (χ0) is 17.5. The van der Waals surface area contributed by atoms with Crippen LogP contribution in [0.4, 0.5) is 0 Å². The summed E-state index contributed by atoms with van der Waals surface area (Å²) in [6.45, 7) is 11.7. The van der Waals surface area contributed by atoms with Gasteiger partial charge in [-0.1, -0.05) is 27.7 Å². The van der Waals surface area contributed by atoms with Gasteiger partial charge in [-0.3, -0.25) is 14.4 Å². The van der Waals surface area contributed by atoms with Crippen LogP contribution in [0, 0.1) is 11.8 Å². The fraction of sp³-hybridized carbons (Fsp3) is 0.824. The average molecular weight is 340 g/mol. The van der Waals surface area contributed by atoms with Crippen LogP contribution in [0.1, 0.15) is 41.5 Å². The predicted molar refractivity (Wildman–Crippen MR) is 90.5 cm³/mol. The van der Waals surface area contributed by atoms with Crippen LogP contribution < -0.4 is 0 Å². The molecule has 2 fully saturated rings. The van der Waals surface area contributed by atoms with E-state index in [1.54, 1.807) is 0 Å². The Labute approximate surface area is 139 Å². The van der Waals surface area contributed by atoms with Gasteiger partial charge in [0.05, 0.1) is 18.1 Å². The van der Waals surface area contributed by atoms with Crippen molar-refractivity contribution < 1.29 is 18.8 Å². The third-order valence-electron chi connectivity index (χ3n) is 6.00. The first kappa shape index (κ1) is 18.3. The number of β-lactam (4-membered cyclic amide) rings is 1. The molecular weight excluding hydrogens is 310 g/mol. The number of amides is 1. The topological polar surface area (TPSA) is 63.7 Å². The third kappa shape index (κ3) is 2.69. The second kappa shape index (κ2) is 6.47. The number of ketones is 2. The Balaban J connectivity index is 2.19. The molecule has 0 bridgehead atoms. The van der Waals surface area contributed by atoms with Crippen molar-refractivity contribution in [2.24, 2.45) is 11.8 Å². The zero-order valence-electron chi connectivity index (χ0n) is 15.1. The van der Waals surface area contributed by atoms with E-state index in [0.717, 1.165) is 18.1 Å². The van der Waals surface area contributed by atoms with Crippen molar-refractivity contribution in [2.45, 2.75) is 77.9 Å². The number of nitrogens with zero attached hydrogens (tertiary/aromatic N) is 1. The Hall–Kier alpha value is -1.01. The van der Waals surface area contributed by atoms with E-state index in [4.69, 9.17) is 4.43 Å². The molecule has 5 atom stereocenters. The highest BCUT2D eigenvalue weighted by Crippen LogP contribution is 2.44. The molecule has 2 aliphatic rings. The minimum absolute atomic E-state index is 0.0911. The Morgan fingerprint density at radius 2 is 1.74 bits per heavy atom. The van der Waals surface area contributed by atoms with E-state index in [0.29, 0.717) is 0 Å². The number of rotatable bonds is 7. The summed E-state index contributed by atoms with van der Waals surface area (Å²) in [5.74, 6) is -1.00. The van der Waals surface area contributed by atoms with Gasteiger partial charge in [0, 0.05) is 5.92 Å². The van der Waals surface area contributed by atoms with Gasteiger partial charge in [-0.2, -0.15) is 0 Å². The van der Waals surface area contributed by atoms with Crippen molar-refractivity contribution >= 4 is 25.8 Å². The van der Waals surface area contributed by atoms with Crippen molar-refractivity contribution in [1.82, 2.24) is 4.90 Å². The van der Waals surface area contributed by atoms with Gasteiger partial charge in [0.1, 0.15) is 6.04 Å². The monoisotopic (exact) mass is 339 g/mol. The Bertz CT molecular complexity index is 508. The van der Waals surface area contributed by atoms with Gasteiger partial charge in [0.25, 0.3) is 0 Å². The van der Waals surface area contributed by atoms with Gasteiger partial charge in [0.2, 0.25) is 5.91 Å². The maximum Gasteiger partial charge on any atom is 0.231 e. The van der Waals surface area contributed by atoms with Gasteiger partial charge in [0.15, 0.2) is 19.9 Å². The van der Waals surface area contributed by atoms with Gasteiger partial charge in [-0.15, -0.1) is 0 Å². The van der Waals surface area contributed by atoms with Crippen LogP contribution in [-0.2, 0) is 18.8 Å². The Morgan fingerprint density at radius 3 is 2.17 bits per heavy atom. The Morgan fingerprint density at radius 1 is 1.22 bits per heavy atom. The molecule has 23 heavy (non-hydrogen) atoms. The van der Waals surface area contributed by atoms with Crippen LogP contribution in [-0.4, -0.2) is 48.9 Å². The SMILES string of the molecule is CC[Si](CC)(CC)OC(C)C1C(=O)N2C(C(C)=O)C(=O)C(C)C12. The molecule has 0 aromatic carbocycles. The highest BCUT2D eigenvalue weighted by molar-refractivity contribution is 6.73. The van der Waals surface area contributed by atoms with Crippen molar-refractivity contribution in [3.05, 3.63) is 0 Å². The maximum absolute atomic E-state index is 12.6. The normalized spacial score (nSPS) is 31.8. The summed E-state index contributed by atoms with van der Waals surface area (Å²) in [7, 11) is -1.80. The van der Waals surface area contributed by atoms with Gasteiger partial charge in [-0.05, 0) is 32.0 Å². The number of carbonyl (C=O) groups excluding carboxylic acids is 3. The quantitative estimate of drug-likeness (QED) is 0.406. The molecule has 0 radical (unpaired) electrons. The first-order valence-corrected chi connectivity index (χ1v) is 11.3. The van der Waals surface area contributed by atoms with Crippen LogP contribution in [0.25, 0.3) is 0 Å². The van der Waals surface area contributed by atoms with Crippen molar-refractivity contribution in [3.63, 3.8) is 0 Å². The average Bonchev–Trinajstić information content (AvgIpc) is 2.74. The van der Waals surface area contributed by atoms with Crippen LogP contribution in [0.15, 0.2) is 0 Å². The lowest BCUT2D eigenvalue weighted by Crippen LogP contribution is -2.66. The maximum atomic E-state index is 12.6. The van der Waals surface area contributed by atoms with Gasteiger partial charge >= 0.3 is 0 Å². The molecule has 0 spiro atoms. The summed E-state index contributed by atoms with van der Waals surface area (Å²) in [4.78, 5) is 38.2. The third-order valence-corrected chi connectivity index (χ3v) is 10.7. The predicted octanol–water partition coefficient (Wildman–Crippen LogP) is 2.40. The molecule has 5 unspecified atom stereocenters. The van der Waals surface area contributed by atoms with Crippen LogP contribution >= 0.6 is 0 Å². The van der Waals surface area contributed by atoms with E-state index in [1.807, 2.05) is 13.8 Å². The molecular formula is C17H29NO4Si. The molecule has 2 saturated heterocycles. The molecule has 0 aromatic heterocycles. The first-order chi connectivity index (χ1) is 10.7. The minimum atomic E-state index is -1.80. The lowest BCUT2D eigenvalue weighted by molar-refractivity contribution is -0.166. The second-order valence-electron chi connectivity index (χ2n) is 7.03. The first-order valence-electron chi connectivity index (χ1n) is 8.78. The van der Waals surface area contributed by atoms with Gasteiger partial charge in [-0.25, -0.2) is 0 Å². The Kier molecular flexibility index (Phi) is 5.16. The fourth-order valence-corrected chi connectivity index (χ4v) is 7.24. The van der Waals surface area contributed by atoms with Crippen LogP contribution in [0.2, 0.25) is 18.1 Å². The molecule has 2 aliphatic heterocycles. The van der Waals surface area contributed by atoms with Crippen LogP contribution in [0.3, 0.4) is 0 Å². The molecule has 130 valence electrons. The van der Waals surface area contributed by atoms with Crippen molar-refractivity contribution in [1.29, 1.82) is 0 Å². The molecule has 0 saturated carbocycles. The summed E-state index contributed by atoms with van der Waals surface area (Å²) < 4.78 is 6.44. The van der Waals surface area contributed by atoms with E-state index < -0.39 is 14.4 Å². The molecule has 5 nitrogen and oxygen atoms in total. The summed E-state index contributed by atoms with van der Waals surface area (Å²) in [5, 5.41) is 0. The smallest absolute Gasteiger partial charge is 0.231 e. The summed E-state index contributed by atoms with van der Waals surface area (Å²) >= 11 is 0. The van der Waals surface area contributed by atoms with E-state index in [9.17, 15) is 14.4 Å². The highest BCUT2D eigenvalue weighted by Gasteiger charge is 2.64. The number of fused-ring (bicyclic) bond motifs is 1. The lowest BCUT2D eigenvalue weighted by Gasteiger charge is -2.49. The number of hydrogen-bond donors (Lipinski definition) is 0. The van der Waals surface area contributed by atoms with Gasteiger partial charge < -0.3 is 9.33 Å². The molecule has 0 aromatic rings. The highest BCUT2D eigenvalue weighted by atomic mass is 28.4. The number of carbonyl (C=O) groups is 3. The lowest BCUT2D eigenvalue weighted by atomic mass is 9.79. The molecule has 2 heterocycles. The summed E-state index contributed by atoms with van der Waals surface area (Å²) in [5.41, 5.74) is 0. The molecule has 0 N–H and O–H groups in total. The van der Waals surface area contributed by atoms with E-state index in [1.165, 1.54) is 11.8 Å². The molecule has 2 rings (SSSR count). The zero-order valence-corrected chi connectivity index (χ0v) is 16.1. The van der Waals surface area contributed by atoms with Crippen molar-refractivity contribution in [3.8, 4) is 0 Å². The number of hydrogen-bond acceptors (Lipinski definition) is 4. The molecule has 0 aliphatic carbocycles. The number of Topliss-reactive ketones (excluding diaryl/α,β-unsaturated/α-hetero) is 2.